The Hall–Kier alpha value is -2.24. The smallest absolute Gasteiger partial charge is 0.163 e. The molecule has 2 aromatic carbocycles. The molecule has 0 spiro atoms. The van der Waals surface area contributed by atoms with E-state index in [0.717, 1.165) is 16.6 Å². The molecular formula is C17H15Cl2N3O2. The van der Waals surface area contributed by atoms with Crippen molar-refractivity contribution in [2.45, 2.75) is 6.92 Å². The van der Waals surface area contributed by atoms with Crippen LogP contribution >= 0.6 is 23.2 Å². The van der Waals surface area contributed by atoms with Gasteiger partial charge in [0.1, 0.15) is 12.1 Å². The number of methoxy groups -OCH3 is 1. The number of fused-ring (bicyclic) bond motifs is 1. The second-order valence-corrected chi connectivity index (χ2v) is 5.74. The van der Waals surface area contributed by atoms with Crippen LogP contribution in [0.1, 0.15) is 6.92 Å². The number of hydrogen-bond acceptors (Lipinski definition) is 5. The van der Waals surface area contributed by atoms with Gasteiger partial charge in [-0.3, -0.25) is 0 Å². The average molecular weight is 364 g/mol. The molecule has 0 saturated heterocycles. The second kappa shape index (κ2) is 7.11. The highest BCUT2D eigenvalue weighted by molar-refractivity contribution is 6.42. The molecule has 3 rings (SSSR count). The van der Waals surface area contributed by atoms with Gasteiger partial charge in [-0.1, -0.05) is 23.2 Å². The van der Waals surface area contributed by atoms with Crippen LogP contribution in [-0.2, 0) is 0 Å². The lowest BCUT2D eigenvalue weighted by molar-refractivity contribution is 0.311. The monoisotopic (exact) mass is 363 g/mol. The van der Waals surface area contributed by atoms with E-state index in [2.05, 4.69) is 15.3 Å². The number of aromatic nitrogens is 2. The molecule has 0 aliphatic carbocycles. The van der Waals surface area contributed by atoms with E-state index in [1.165, 1.54) is 6.33 Å². The minimum absolute atomic E-state index is 0.469. The number of hydrogen-bond donors (Lipinski definition) is 1. The molecule has 0 aliphatic rings. The molecule has 1 aromatic heterocycles. The van der Waals surface area contributed by atoms with Gasteiger partial charge in [0, 0.05) is 17.1 Å². The van der Waals surface area contributed by atoms with E-state index in [0.29, 0.717) is 34.0 Å². The maximum Gasteiger partial charge on any atom is 0.163 e. The zero-order chi connectivity index (χ0) is 17.1. The van der Waals surface area contributed by atoms with Gasteiger partial charge in [-0.05, 0) is 31.2 Å². The maximum absolute atomic E-state index is 6.06. The van der Waals surface area contributed by atoms with Crippen LogP contribution < -0.4 is 14.8 Å². The molecule has 7 heteroatoms. The molecule has 0 amide bonds. The van der Waals surface area contributed by atoms with E-state index < -0.39 is 0 Å². The van der Waals surface area contributed by atoms with Gasteiger partial charge in [0.05, 0.1) is 29.3 Å². The predicted molar refractivity (Wildman–Crippen MR) is 97.0 cm³/mol. The van der Waals surface area contributed by atoms with Crippen LogP contribution in [-0.4, -0.2) is 23.7 Å². The summed E-state index contributed by atoms with van der Waals surface area (Å²) < 4.78 is 11.0. The third-order valence-corrected chi connectivity index (χ3v) is 4.14. The third-order valence-electron chi connectivity index (χ3n) is 3.40. The molecule has 1 heterocycles. The SMILES string of the molecule is CCOc1cc2ncnc(Nc3ccc(Cl)c(Cl)c3)c2cc1OC. The molecule has 0 unspecified atom stereocenters. The van der Waals surface area contributed by atoms with Gasteiger partial charge in [0.15, 0.2) is 11.5 Å². The van der Waals surface area contributed by atoms with Gasteiger partial charge in [-0.2, -0.15) is 0 Å². The largest absolute Gasteiger partial charge is 0.493 e. The quantitative estimate of drug-likeness (QED) is 0.684. The van der Waals surface area contributed by atoms with Crippen molar-refractivity contribution in [2.24, 2.45) is 0 Å². The van der Waals surface area contributed by atoms with Crippen LogP contribution in [0.5, 0.6) is 11.5 Å². The number of anilines is 2. The molecule has 0 aliphatic heterocycles. The zero-order valence-electron chi connectivity index (χ0n) is 13.1. The molecule has 0 radical (unpaired) electrons. The average Bonchev–Trinajstić information content (AvgIpc) is 2.58. The molecule has 24 heavy (non-hydrogen) atoms. The van der Waals surface area contributed by atoms with Crippen molar-refractivity contribution in [1.29, 1.82) is 0 Å². The van der Waals surface area contributed by atoms with Crippen molar-refractivity contribution in [3.05, 3.63) is 46.7 Å². The number of nitrogens with one attached hydrogen (secondary N) is 1. The van der Waals surface area contributed by atoms with Crippen molar-refractivity contribution >= 4 is 45.6 Å². The van der Waals surface area contributed by atoms with Gasteiger partial charge in [0.2, 0.25) is 0 Å². The summed E-state index contributed by atoms with van der Waals surface area (Å²) in [6.07, 6.45) is 1.49. The minimum Gasteiger partial charge on any atom is -0.493 e. The molecular weight excluding hydrogens is 349 g/mol. The number of benzene rings is 2. The van der Waals surface area contributed by atoms with Crippen molar-refractivity contribution < 1.29 is 9.47 Å². The Morgan fingerprint density at radius 1 is 1.04 bits per heavy atom. The Morgan fingerprint density at radius 3 is 2.58 bits per heavy atom. The summed E-state index contributed by atoms with van der Waals surface area (Å²) in [6, 6.07) is 8.97. The number of halogens is 2. The van der Waals surface area contributed by atoms with Gasteiger partial charge in [-0.25, -0.2) is 9.97 Å². The molecule has 0 bridgehead atoms. The lowest BCUT2D eigenvalue weighted by Crippen LogP contribution is -1.99. The lowest BCUT2D eigenvalue weighted by Gasteiger charge is -2.13. The van der Waals surface area contributed by atoms with Gasteiger partial charge in [0.25, 0.3) is 0 Å². The molecule has 124 valence electrons. The summed E-state index contributed by atoms with van der Waals surface area (Å²) in [5, 5.41) is 5.00. The fraction of sp³-hybridized carbons (Fsp3) is 0.176. The van der Waals surface area contributed by atoms with Gasteiger partial charge in [-0.15, -0.1) is 0 Å². The van der Waals surface area contributed by atoms with Gasteiger partial charge >= 0.3 is 0 Å². The molecule has 5 nitrogen and oxygen atoms in total. The fourth-order valence-corrected chi connectivity index (χ4v) is 2.60. The van der Waals surface area contributed by atoms with Crippen molar-refractivity contribution in [1.82, 2.24) is 9.97 Å². The Kier molecular flexibility index (Phi) is 4.92. The Morgan fingerprint density at radius 2 is 1.88 bits per heavy atom. The Labute approximate surface area is 149 Å². The summed E-state index contributed by atoms with van der Waals surface area (Å²) in [5.74, 6) is 1.91. The Bertz CT molecular complexity index is 887. The van der Waals surface area contributed by atoms with Crippen LogP contribution in [0.25, 0.3) is 10.9 Å². The van der Waals surface area contributed by atoms with Crippen LogP contribution in [0, 0.1) is 0 Å². The number of ether oxygens (including phenoxy) is 2. The first-order chi connectivity index (χ1) is 11.6. The maximum atomic E-state index is 6.06. The molecule has 3 aromatic rings. The third kappa shape index (κ3) is 3.32. The van der Waals surface area contributed by atoms with Crippen molar-refractivity contribution in [3.63, 3.8) is 0 Å². The summed E-state index contributed by atoms with van der Waals surface area (Å²) in [6.45, 7) is 2.46. The first kappa shape index (κ1) is 16.6. The van der Waals surface area contributed by atoms with E-state index in [1.807, 2.05) is 25.1 Å². The lowest BCUT2D eigenvalue weighted by atomic mass is 10.2. The predicted octanol–water partition coefficient (Wildman–Crippen LogP) is 5.09. The highest BCUT2D eigenvalue weighted by Gasteiger charge is 2.12. The summed E-state index contributed by atoms with van der Waals surface area (Å²) in [5.41, 5.74) is 1.52. The normalized spacial score (nSPS) is 10.7. The number of nitrogens with zero attached hydrogens (tertiary/aromatic N) is 2. The molecule has 1 N–H and O–H groups in total. The van der Waals surface area contributed by atoms with Crippen molar-refractivity contribution in [2.75, 3.05) is 19.0 Å². The van der Waals surface area contributed by atoms with Crippen LogP contribution in [0.15, 0.2) is 36.7 Å². The first-order valence-corrected chi connectivity index (χ1v) is 8.05. The van der Waals surface area contributed by atoms with E-state index >= 15 is 0 Å². The topological polar surface area (TPSA) is 56.3 Å². The fourth-order valence-electron chi connectivity index (χ4n) is 2.30. The second-order valence-electron chi connectivity index (χ2n) is 4.93. The standard InChI is InChI=1S/C17H15Cl2N3O2/c1-3-24-16-8-14-11(7-15(16)23-2)17(21-9-20-14)22-10-4-5-12(18)13(19)6-10/h4-9H,3H2,1-2H3,(H,20,21,22). The number of rotatable bonds is 5. The molecule has 0 fully saturated rings. The van der Waals surface area contributed by atoms with E-state index in [1.54, 1.807) is 19.2 Å². The minimum atomic E-state index is 0.469. The molecule has 0 saturated carbocycles. The zero-order valence-corrected chi connectivity index (χ0v) is 14.6. The van der Waals surface area contributed by atoms with E-state index in [-0.39, 0.29) is 0 Å². The highest BCUT2D eigenvalue weighted by Crippen LogP contribution is 2.35. The summed E-state index contributed by atoms with van der Waals surface area (Å²) in [7, 11) is 1.60. The van der Waals surface area contributed by atoms with Gasteiger partial charge < -0.3 is 14.8 Å². The molecule has 0 atom stereocenters. The Balaban J connectivity index is 2.05. The van der Waals surface area contributed by atoms with E-state index in [9.17, 15) is 0 Å². The highest BCUT2D eigenvalue weighted by atomic mass is 35.5. The van der Waals surface area contributed by atoms with Crippen LogP contribution in [0.2, 0.25) is 10.0 Å². The van der Waals surface area contributed by atoms with Crippen LogP contribution in [0.4, 0.5) is 11.5 Å². The van der Waals surface area contributed by atoms with Crippen LogP contribution in [0.3, 0.4) is 0 Å². The van der Waals surface area contributed by atoms with Crippen molar-refractivity contribution in [3.8, 4) is 11.5 Å². The van der Waals surface area contributed by atoms with E-state index in [4.69, 9.17) is 32.7 Å². The summed E-state index contributed by atoms with van der Waals surface area (Å²) in [4.78, 5) is 8.61. The summed E-state index contributed by atoms with van der Waals surface area (Å²) >= 11 is 12.0. The first-order valence-electron chi connectivity index (χ1n) is 7.30.